The SMILES string of the molecule is O=C(Nc1cc(Cl)ccc1O)C(F)(F)F. The molecule has 1 rings (SSSR count). The second-order valence-corrected chi connectivity index (χ2v) is 3.05. The first kappa shape index (κ1) is 11.6. The molecule has 0 unspecified atom stereocenters. The van der Waals surface area contributed by atoms with Gasteiger partial charge in [-0.1, -0.05) is 11.6 Å². The van der Waals surface area contributed by atoms with Gasteiger partial charge in [-0.05, 0) is 18.2 Å². The molecular weight excluding hydrogens is 235 g/mol. The summed E-state index contributed by atoms with van der Waals surface area (Å²) in [7, 11) is 0. The molecule has 82 valence electrons. The fourth-order valence-corrected chi connectivity index (χ4v) is 0.974. The topological polar surface area (TPSA) is 49.3 Å². The largest absolute Gasteiger partial charge is 0.506 e. The average molecular weight is 240 g/mol. The summed E-state index contributed by atoms with van der Waals surface area (Å²) < 4.78 is 35.5. The number of phenolic OH excluding ortho intramolecular Hbond substituents is 1. The smallest absolute Gasteiger partial charge is 0.471 e. The van der Waals surface area contributed by atoms with Crippen LogP contribution in [0.2, 0.25) is 5.02 Å². The first-order chi connectivity index (χ1) is 6.80. The maximum Gasteiger partial charge on any atom is 0.471 e. The number of phenols is 1. The highest BCUT2D eigenvalue weighted by Gasteiger charge is 2.39. The molecule has 15 heavy (non-hydrogen) atoms. The molecule has 0 fully saturated rings. The number of amides is 1. The Hall–Kier alpha value is -1.43. The molecule has 1 aromatic carbocycles. The Morgan fingerprint density at radius 3 is 2.53 bits per heavy atom. The molecule has 3 nitrogen and oxygen atoms in total. The highest BCUT2D eigenvalue weighted by Crippen LogP contribution is 2.28. The molecule has 0 atom stereocenters. The third-order valence-corrected chi connectivity index (χ3v) is 1.70. The van der Waals surface area contributed by atoms with Crippen LogP contribution in [0.25, 0.3) is 0 Å². The zero-order chi connectivity index (χ0) is 11.6. The van der Waals surface area contributed by atoms with E-state index in [0.717, 1.165) is 12.1 Å². The molecule has 0 bridgehead atoms. The van der Waals surface area contributed by atoms with Crippen LogP contribution in [-0.2, 0) is 4.79 Å². The van der Waals surface area contributed by atoms with Crippen molar-refractivity contribution in [2.24, 2.45) is 0 Å². The highest BCUT2D eigenvalue weighted by atomic mass is 35.5. The lowest BCUT2D eigenvalue weighted by molar-refractivity contribution is -0.167. The van der Waals surface area contributed by atoms with Gasteiger partial charge >= 0.3 is 12.1 Å². The maximum absolute atomic E-state index is 11.8. The van der Waals surface area contributed by atoms with Gasteiger partial charge in [0.05, 0.1) is 5.69 Å². The fourth-order valence-electron chi connectivity index (χ4n) is 0.802. The van der Waals surface area contributed by atoms with Crippen molar-refractivity contribution in [1.82, 2.24) is 0 Å². The number of hydrogen-bond donors (Lipinski definition) is 2. The van der Waals surface area contributed by atoms with Crippen LogP contribution in [-0.4, -0.2) is 17.2 Å². The summed E-state index contributed by atoms with van der Waals surface area (Å²) in [4.78, 5) is 10.5. The lowest BCUT2D eigenvalue weighted by Crippen LogP contribution is -2.29. The van der Waals surface area contributed by atoms with Gasteiger partial charge in [-0.15, -0.1) is 0 Å². The molecule has 1 amide bonds. The quantitative estimate of drug-likeness (QED) is 0.740. The van der Waals surface area contributed by atoms with Crippen LogP contribution in [0.3, 0.4) is 0 Å². The molecule has 7 heteroatoms. The molecule has 0 radical (unpaired) electrons. The van der Waals surface area contributed by atoms with Gasteiger partial charge < -0.3 is 10.4 Å². The number of aromatic hydroxyl groups is 1. The Morgan fingerprint density at radius 2 is 2.00 bits per heavy atom. The molecule has 2 N–H and O–H groups in total. The zero-order valence-corrected chi connectivity index (χ0v) is 7.86. The van der Waals surface area contributed by atoms with Gasteiger partial charge in [-0.25, -0.2) is 0 Å². The van der Waals surface area contributed by atoms with Crippen LogP contribution in [0.5, 0.6) is 5.75 Å². The normalized spacial score (nSPS) is 11.2. The fraction of sp³-hybridized carbons (Fsp3) is 0.125. The van der Waals surface area contributed by atoms with Crippen LogP contribution < -0.4 is 5.32 Å². The number of nitrogens with one attached hydrogen (secondary N) is 1. The Balaban J connectivity index is 2.90. The van der Waals surface area contributed by atoms with E-state index < -0.39 is 17.8 Å². The minimum atomic E-state index is -5.01. The number of alkyl halides is 3. The van der Waals surface area contributed by atoms with Gasteiger partial charge in [-0.3, -0.25) is 4.79 Å². The van der Waals surface area contributed by atoms with Crippen molar-refractivity contribution in [3.8, 4) is 5.75 Å². The molecule has 0 saturated heterocycles. The van der Waals surface area contributed by atoms with Gasteiger partial charge in [0.1, 0.15) is 5.75 Å². The molecule has 0 spiro atoms. The van der Waals surface area contributed by atoms with Crippen LogP contribution >= 0.6 is 11.6 Å². The second kappa shape index (κ2) is 3.98. The Kier molecular flexibility index (Phi) is 3.09. The summed E-state index contributed by atoms with van der Waals surface area (Å²) in [6.45, 7) is 0. The van der Waals surface area contributed by atoms with E-state index in [9.17, 15) is 18.0 Å². The van der Waals surface area contributed by atoms with Crippen LogP contribution in [0.4, 0.5) is 18.9 Å². The zero-order valence-electron chi connectivity index (χ0n) is 7.10. The summed E-state index contributed by atoms with van der Waals surface area (Å²) in [6.07, 6.45) is -5.01. The van der Waals surface area contributed by atoms with E-state index in [2.05, 4.69) is 0 Å². The molecule has 1 aromatic rings. The third-order valence-electron chi connectivity index (χ3n) is 1.46. The summed E-state index contributed by atoms with van der Waals surface area (Å²) in [5, 5.41) is 10.7. The maximum atomic E-state index is 11.8. The third kappa shape index (κ3) is 3.02. The lowest BCUT2D eigenvalue weighted by Gasteiger charge is -2.09. The summed E-state index contributed by atoms with van der Waals surface area (Å²) in [5.74, 6) is -2.66. The van der Waals surface area contributed by atoms with Crippen molar-refractivity contribution in [3.05, 3.63) is 23.2 Å². The van der Waals surface area contributed by atoms with Crippen molar-refractivity contribution in [1.29, 1.82) is 0 Å². The molecular formula is C8H5ClF3NO2. The first-order valence-corrected chi connectivity index (χ1v) is 4.05. The molecule has 0 heterocycles. The second-order valence-electron chi connectivity index (χ2n) is 2.61. The number of benzene rings is 1. The van der Waals surface area contributed by atoms with Gasteiger partial charge in [0.25, 0.3) is 0 Å². The molecule has 0 aliphatic heterocycles. The van der Waals surface area contributed by atoms with Crippen molar-refractivity contribution in [3.63, 3.8) is 0 Å². The van der Waals surface area contributed by atoms with Crippen LogP contribution in [0, 0.1) is 0 Å². The molecule has 0 aliphatic rings. The number of halogens is 4. The van der Waals surface area contributed by atoms with E-state index in [4.69, 9.17) is 16.7 Å². The number of rotatable bonds is 1. The van der Waals surface area contributed by atoms with Crippen LogP contribution in [0.1, 0.15) is 0 Å². The van der Waals surface area contributed by atoms with Crippen LogP contribution in [0.15, 0.2) is 18.2 Å². The first-order valence-electron chi connectivity index (χ1n) is 3.67. The molecule has 0 saturated carbocycles. The molecule has 0 aromatic heterocycles. The lowest BCUT2D eigenvalue weighted by atomic mass is 10.3. The van der Waals surface area contributed by atoms with E-state index in [1.165, 1.54) is 11.4 Å². The van der Waals surface area contributed by atoms with E-state index in [1.54, 1.807) is 0 Å². The van der Waals surface area contributed by atoms with Crippen molar-refractivity contribution < 1.29 is 23.1 Å². The number of anilines is 1. The predicted octanol–water partition coefficient (Wildman–Crippen LogP) is 2.55. The minimum absolute atomic E-state index is 0.102. The van der Waals surface area contributed by atoms with Crippen molar-refractivity contribution in [2.75, 3.05) is 5.32 Å². The molecule has 0 aliphatic carbocycles. The Bertz CT molecular complexity index is 392. The number of carbonyl (C=O) groups is 1. The Labute approximate surface area is 87.5 Å². The highest BCUT2D eigenvalue weighted by molar-refractivity contribution is 6.31. The van der Waals surface area contributed by atoms with Gasteiger partial charge in [0, 0.05) is 5.02 Å². The van der Waals surface area contributed by atoms with Gasteiger partial charge in [-0.2, -0.15) is 13.2 Å². The van der Waals surface area contributed by atoms with Gasteiger partial charge in [0.15, 0.2) is 0 Å². The Morgan fingerprint density at radius 1 is 1.40 bits per heavy atom. The monoisotopic (exact) mass is 239 g/mol. The standard InChI is InChI=1S/C8H5ClF3NO2/c9-4-1-2-6(14)5(3-4)13-7(15)8(10,11)12/h1-3,14H,(H,13,15). The summed E-state index contributed by atoms with van der Waals surface area (Å²) in [5.41, 5.74) is -0.384. The number of hydrogen-bond acceptors (Lipinski definition) is 2. The summed E-state index contributed by atoms with van der Waals surface area (Å²) >= 11 is 5.47. The van der Waals surface area contributed by atoms with Crippen molar-refractivity contribution >= 4 is 23.2 Å². The number of carbonyl (C=O) groups excluding carboxylic acids is 1. The van der Waals surface area contributed by atoms with E-state index in [-0.39, 0.29) is 10.7 Å². The van der Waals surface area contributed by atoms with E-state index >= 15 is 0 Å². The average Bonchev–Trinajstić information content (AvgIpc) is 2.09. The van der Waals surface area contributed by atoms with E-state index in [0.29, 0.717) is 0 Å². The predicted molar refractivity (Wildman–Crippen MR) is 47.8 cm³/mol. The van der Waals surface area contributed by atoms with Gasteiger partial charge in [0.2, 0.25) is 0 Å². The summed E-state index contributed by atoms with van der Waals surface area (Å²) in [6, 6.07) is 3.37. The van der Waals surface area contributed by atoms with E-state index in [1.807, 2.05) is 0 Å². The van der Waals surface area contributed by atoms with Crippen molar-refractivity contribution in [2.45, 2.75) is 6.18 Å². The minimum Gasteiger partial charge on any atom is -0.506 e.